The van der Waals surface area contributed by atoms with Gasteiger partial charge in [-0.3, -0.25) is 0 Å². The predicted octanol–water partition coefficient (Wildman–Crippen LogP) is 8.48. The zero-order valence-corrected chi connectivity index (χ0v) is 28.6. The molecule has 4 rings (SSSR count). The minimum atomic E-state index is -5.01. The molecule has 0 radical (unpaired) electrons. The molecule has 47 heavy (non-hydrogen) atoms. The van der Waals surface area contributed by atoms with Crippen LogP contribution in [-0.4, -0.2) is 50.1 Å². The average Bonchev–Trinajstić information content (AvgIpc) is 3.51. The van der Waals surface area contributed by atoms with E-state index in [1.165, 1.54) is 32.2 Å². The number of aromatic nitrogens is 2. The van der Waals surface area contributed by atoms with Crippen LogP contribution in [0.2, 0.25) is 0 Å². The predicted molar refractivity (Wildman–Crippen MR) is 172 cm³/mol. The Morgan fingerprint density at radius 1 is 0.979 bits per heavy atom. The van der Waals surface area contributed by atoms with E-state index in [1.54, 1.807) is 4.90 Å². The molecule has 0 bridgehead atoms. The number of benzene rings is 2. The summed E-state index contributed by atoms with van der Waals surface area (Å²) in [6.07, 6.45) is -1.80. The quantitative estimate of drug-likeness (QED) is 0.162. The molecule has 1 saturated carbocycles. The van der Waals surface area contributed by atoms with E-state index >= 15 is 0 Å². The third-order valence-corrected chi connectivity index (χ3v) is 9.62. The number of rotatable bonds is 13. The first-order chi connectivity index (χ1) is 21.9. The molecule has 0 saturated heterocycles. The van der Waals surface area contributed by atoms with Crippen LogP contribution in [0.5, 0.6) is 5.75 Å². The van der Waals surface area contributed by atoms with Crippen molar-refractivity contribution in [1.29, 1.82) is 0 Å². The van der Waals surface area contributed by atoms with Crippen LogP contribution >= 0.6 is 15.9 Å². The highest BCUT2D eigenvalue weighted by Gasteiger charge is 2.38. The molecule has 0 aliphatic heterocycles. The lowest BCUT2D eigenvalue weighted by atomic mass is 9.98. The third kappa shape index (κ3) is 10.2. The van der Waals surface area contributed by atoms with Gasteiger partial charge in [0.1, 0.15) is 6.61 Å². The summed E-state index contributed by atoms with van der Waals surface area (Å²) in [5.74, 6) is 0.463. The van der Waals surface area contributed by atoms with Gasteiger partial charge >= 0.3 is 12.4 Å². The Morgan fingerprint density at radius 2 is 1.57 bits per heavy atom. The Balaban J connectivity index is 1.77. The second-order valence-electron chi connectivity index (χ2n) is 11.8. The van der Waals surface area contributed by atoms with Gasteiger partial charge in [-0.05, 0) is 74.1 Å². The highest BCUT2D eigenvalue weighted by molar-refractivity contribution is 9.10. The van der Waals surface area contributed by atoms with Gasteiger partial charge in [0.25, 0.3) is 0 Å². The number of ether oxygens (including phenoxy) is 1. The number of alkyl halides is 6. The zero-order valence-electron chi connectivity index (χ0n) is 26.2. The summed E-state index contributed by atoms with van der Waals surface area (Å²) < 4.78 is 112. The van der Waals surface area contributed by atoms with E-state index in [1.807, 2.05) is 25.1 Å². The normalized spacial score (nSPS) is 15.1. The molecule has 1 fully saturated rings. The van der Waals surface area contributed by atoms with Gasteiger partial charge in [-0.25, -0.2) is 18.4 Å². The van der Waals surface area contributed by atoms with Crippen LogP contribution < -0.4 is 14.5 Å². The summed E-state index contributed by atoms with van der Waals surface area (Å²) in [5, 5.41) is 0. The summed E-state index contributed by atoms with van der Waals surface area (Å²) in [6.45, 7) is 4.94. The van der Waals surface area contributed by atoms with Crippen molar-refractivity contribution >= 4 is 37.4 Å². The van der Waals surface area contributed by atoms with Crippen molar-refractivity contribution in [2.24, 2.45) is 5.92 Å². The van der Waals surface area contributed by atoms with Gasteiger partial charge in [0.05, 0.1) is 35.3 Å². The van der Waals surface area contributed by atoms with Crippen LogP contribution in [0.15, 0.2) is 53.3 Å². The molecule has 15 heteroatoms. The van der Waals surface area contributed by atoms with E-state index in [0.717, 1.165) is 53.5 Å². The first-order valence-electron chi connectivity index (χ1n) is 15.2. The first kappa shape index (κ1) is 36.8. The van der Waals surface area contributed by atoms with Crippen molar-refractivity contribution in [3.63, 3.8) is 0 Å². The molecule has 1 aliphatic carbocycles. The van der Waals surface area contributed by atoms with Gasteiger partial charge in [0.15, 0.2) is 15.6 Å². The van der Waals surface area contributed by atoms with Gasteiger partial charge in [0, 0.05) is 36.1 Å². The topological polar surface area (TPSA) is 75.6 Å². The molecule has 1 atom stereocenters. The number of halogens is 7. The van der Waals surface area contributed by atoms with Gasteiger partial charge in [-0.15, -0.1) is 0 Å². The fourth-order valence-corrected chi connectivity index (χ4v) is 6.41. The number of sulfone groups is 1. The molecule has 1 unspecified atom stereocenters. The molecule has 2 aromatic carbocycles. The molecule has 7 nitrogen and oxygen atoms in total. The van der Waals surface area contributed by atoms with Crippen LogP contribution in [0, 0.1) is 5.92 Å². The van der Waals surface area contributed by atoms with E-state index in [-0.39, 0.29) is 42.2 Å². The minimum Gasteiger partial charge on any atom is -0.489 e. The van der Waals surface area contributed by atoms with Gasteiger partial charge < -0.3 is 14.5 Å². The number of anilines is 2. The smallest absolute Gasteiger partial charge is 0.416 e. The molecule has 3 aromatic rings. The van der Waals surface area contributed by atoms with E-state index in [4.69, 9.17) is 4.74 Å². The number of nitrogens with zero attached hydrogens (tertiary/aromatic N) is 4. The Kier molecular flexibility index (Phi) is 11.7. The summed E-state index contributed by atoms with van der Waals surface area (Å²) in [4.78, 5) is 12.5. The lowest BCUT2D eigenvalue weighted by Gasteiger charge is -2.34. The highest BCUT2D eigenvalue weighted by atomic mass is 79.9. The molecule has 1 aromatic heterocycles. The van der Waals surface area contributed by atoms with Crippen molar-refractivity contribution in [2.45, 2.75) is 64.5 Å². The molecule has 0 amide bonds. The van der Waals surface area contributed by atoms with Crippen molar-refractivity contribution in [2.75, 3.05) is 41.5 Å². The maximum Gasteiger partial charge on any atom is 0.416 e. The minimum absolute atomic E-state index is 0.0339. The van der Waals surface area contributed by atoms with E-state index in [9.17, 15) is 34.8 Å². The highest BCUT2D eigenvalue weighted by Crippen LogP contribution is 2.40. The molecule has 1 aliphatic rings. The van der Waals surface area contributed by atoms with Crippen LogP contribution in [0.25, 0.3) is 0 Å². The molecule has 258 valence electrons. The first-order valence-corrected chi connectivity index (χ1v) is 18.0. The maximum atomic E-state index is 13.8. The van der Waals surface area contributed by atoms with Gasteiger partial charge in [0.2, 0.25) is 5.95 Å². The fraction of sp³-hybridized carbons (Fsp3) is 0.500. The standard InChI is InChI=1S/C32H37BrF6N4O3S/c1-4-42(19-22-7-5-6-8-22)29-16-27(33)10-9-23(29)20-43(30-40-17-28(18-41-30)46-11-12-47(3,44)45)21(2)24-13-25(31(34,35)36)15-26(14-24)32(37,38)39/h9-10,13-18,21-22H,4-8,11-12,19-20H2,1-3H3. The largest absolute Gasteiger partial charge is 0.489 e. The second kappa shape index (κ2) is 15.0. The van der Waals surface area contributed by atoms with Crippen LogP contribution in [-0.2, 0) is 28.7 Å². The number of hydrogen-bond donors (Lipinski definition) is 0. The monoisotopic (exact) mass is 750 g/mol. The van der Waals surface area contributed by atoms with Crippen molar-refractivity contribution in [3.05, 3.63) is 75.5 Å². The molecule has 0 N–H and O–H groups in total. The fourth-order valence-electron chi connectivity index (χ4n) is 5.68. The van der Waals surface area contributed by atoms with Gasteiger partial charge in [-0.1, -0.05) is 34.8 Å². The van der Waals surface area contributed by atoms with E-state index in [0.29, 0.717) is 12.5 Å². The Labute approximate surface area is 279 Å². The van der Waals surface area contributed by atoms with Crippen LogP contribution in [0.4, 0.5) is 38.0 Å². The lowest BCUT2D eigenvalue weighted by Crippen LogP contribution is -2.32. The molecular formula is C32H37BrF6N4O3S. The summed E-state index contributed by atoms with van der Waals surface area (Å²) in [5.41, 5.74) is -1.39. The molecular weight excluding hydrogens is 714 g/mol. The second-order valence-corrected chi connectivity index (χ2v) is 15.0. The Bertz CT molecular complexity index is 1580. The third-order valence-electron chi connectivity index (χ3n) is 8.22. The van der Waals surface area contributed by atoms with E-state index < -0.39 is 39.4 Å². The summed E-state index contributed by atoms with van der Waals surface area (Å²) >= 11 is 3.55. The Hall–Kier alpha value is -3.07. The average molecular weight is 752 g/mol. The summed E-state index contributed by atoms with van der Waals surface area (Å²) in [6, 6.07) is 6.16. The van der Waals surface area contributed by atoms with Crippen molar-refractivity contribution < 1.29 is 39.5 Å². The molecule has 1 heterocycles. The maximum absolute atomic E-state index is 13.8. The lowest BCUT2D eigenvalue weighted by molar-refractivity contribution is -0.143. The summed E-state index contributed by atoms with van der Waals surface area (Å²) in [7, 11) is -3.29. The van der Waals surface area contributed by atoms with E-state index in [2.05, 4.69) is 30.8 Å². The van der Waals surface area contributed by atoms with Crippen LogP contribution in [0.3, 0.4) is 0 Å². The zero-order chi connectivity index (χ0) is 34.6. The van der Waals surface area contributed by atoms with Gasteiger partial charge in [-0.2, -0.15) is 26.3 Å². The van der Waals surface area contributed by atoms with Crippen LogP contribution in [0.1, 0.15) is 67.8 Å². The van der Waals surface area contributed by atoms with Crippen molar-refractivity contribution in [3.8, 4) is 5.75 Å². The molecule has 0 spiro atoms. The SMILES string of the molecule is CCN(CC1CCCC1)c1cc(Br)ccc1CN(c1ncc(OCCS(C)(=O)=O)cn1)C(C)c1cc(C(F)(F)F)cc(C(F)(F)F)c1. The Morgan fingerprint density at radius 3 is 2.11 bits per heavy atom. The van der Waals surface area contributed by atoms with Crippen molar-refractivity contribution in [1.82, 2.24) is 9.97 Å². The number of hydrogen-bond acceptors (Lipinski definition) is 7.